The van der Waals surface area contributed by atoms with Gasteiger partial charge in [0, 0.05) is 6.54 Å². The molecule has 0 aliphatic heterocycles. The molecule has 0 spiro atoms. The fourth-order valence-corrected chi connectivity index (χ4v) is 2.94. The van der Waals surface area contributed by atoms with Crippen LogP contribution in [0.1, 0.15) is 42.6 Å². The maximum Gasteiger partial charge on any atom is 0.311 e. The van der Waals surface area contributed by atoms with Gasteiger partial charge in [0.25, 0.3) is 5.91 Å². The van der Waals surface area contributed by atoms with E-state index in [-0.39, 0.29) is 22.4 Å². The molecule has 0 unspecified atom stereocenters. The van der Waals surface area contributed by atoms with Gasteiger partial charge in [0.1, 0.15) is 10.8 Å². The number of rotatable bonds is 4. The minimum atomic E-state index is -0.890. The Labute approximate surface area is 132 Å². The van der Waals surface area contributed by atoms with Crippen molar-refractivity contribution < 1.29 is 14.7 Å². The number of carboxylic acid groups (broad SMARTS) is 1. The highest BCUT2D eigenvalue weighted by Gasteiger charge is 2.40. The van der Waals surface area contributed by atoms with Gasteiger partial charge in [-0.15, -0.1) is 0 Å². The molecule has 1 amide bonds. The summed E-state index contributed by atoms with van der Waals surface area (Å²) >= 11 is 11.7. The molecule has 2 N–H and O–H groups in total. The van der Waals surface area contributed by atoms with E-state index < -0.39 is 17.3 Å². The van der Waals surface area contributed by atoms with Gasteiger partial charge >= 0.3 is 5.97 Å². The highest BCUT2D eigenvalue weighted by molar-refractivity contribution is 6.34. The van der Waals surface area contributed by atoms with Crippen molar-refractivity contribution in [1.29, 1.82) is 0 Å². The zero-order valence-electron chi connectivity index (χ0n) is 11.4. The van der Waals surface area contributed by atoms with Crippen molar-refractivity contribution in [2.75, 3.05) is 6.54 Å². The maximum absolute atomic E-state index is 12.1. The molecule has 1 aromatic heterocycles. The zero-order chi connectivity index (χ0) is 15.5. The Morgan fingerprint density at radius 1 is 1.24 bits per heavy atom. The van der Waals surface area contributed by atoms with Gasteiger partial charge in [0.05, 0.1) is 10.4 Å². The molecule has 1 aliphatic rings. The van der Waals surface area contributed by atoms with Crippen molar-refractivity contribution in [1.82, 2.24) is 10.3 Å². The number of nitrogens with zero attached hydrogens (tertiary/aromatic N) is 1. The number of halogens is 2. The number of carboxylic acids is 1. The van der Waals surface area contributed by atoms with Crippen LogP contribution in [0.2, 0.25) is 10.2 Å². The largest absolute Gasteiger partial charge is 0.481 e. The average molecular weight is 331 g/mol. The van der Waals surface area contributed by atoms with E-state index in [1.165, 1.54) is 12.1 Å². The fourth-order valence-electron chi connectivity index (χ4n) is 2.61. The van der Waals surface area contributed by atoms with Crippen LogP contribution >= 0.6 is 23.2 Å². The van der Waals surface area contributed by atoms with Crippen LogP contribution in [-0.4, -0.2) is 28.5 Å². The van der Waals surface area contributed by atoms with E-state index in [0.29, 0.717) is 12.8 Å². The molecule has 0 radical (unpaired) electrons. The van der Waals surface area contributed by atoms with E-state index in [1.54, 1.807) is 0 Å². The van der Waals surface area contributed by atoms with E-state index in [9.17, 15) is 14.7 Å². The Balaban J connectivity index is 2.08. The summed E-state index contributed by atoms with van der Waals surface area (Å²) < 4.78 is 0. The van der Waals surface area contributed by atoms with Gasteiger partial charge in [-0.3, -0.25) is 9.59 Å². The lowest BCUT2D eigenvalue weighted by molar-refractivity contribution is -0.150. The lowest BCUT2D eigenvalue weighted by atomic mass is 9.74. The number of amides is 1. The Morgan fingerprint density at radius 2 is 1.90 bits per heavy atom. The molecule has 1 saturated carbocycles. The SMILES string of the molecule is O=C(NCC1(C(=O)O)CCCCC1)c1nc(Cl)ccc1Cl. The van der Waals surface area contributed by atoms with Gasteiger partial charge in [-0.05, 0) is 25.0 Å². The van der Waals surface area contributed by atoms with Crippen molar-refractivity contribution in [3.05, 3.63) is 28.0 Å². The first-order chi connectivity index (χ1) is 9.94. The second kappa shape index (κ2) is 6.62. The molecule has 7 heteroatoms. The molecule has 114 valence electrons. The highest BCUT2D eigenvalue weighted by Crippen LogP contribution is 2.36. The van der Waals surface area contributed by atoms with E-state index in [4.69, 9.17) is 23.2 Å². The van der Waals surface area contributed by atoms with E-state index in [1.807, 2.05) is 0 Å². The third-order valence-corrected chi connectivity index (χ3v) is 4.39. The lowest BCUT2D eigenvalue weighted by Gasteiger charge is -2.33. The van der Waals surface area contributed by atoms with Gasteiger partial charge in [0.2, 0.25) is 0 Å². The lowest BCUT2D eigenvalue weighted by Crippen LogP contribution is -2.44. The molecule has 2 rings (SSSR count). The van der Waals surface area contributed by atoms with Crippen LogP contribution < -0.4 is 5.32 Å². The molecule has 1 heterocycles. The molecule has 1 aliphatic carbocycles. The van der Waals surface area contributed by atoms with Crippen LogP contribution in [0.4, 0.5) is 0 Å². The topological polar surface area (TPSA) is 79.3 Å². The van der Waals surface area contributed by atoms with E-state index in [0.717, 1.165) is 19.3 Å². The molecular formula is C14H16Cl2N2O3. The smallest absolute Gasteiger partial charge is 0.311 e. The maximum atomic E-state index is 12.1. The van der Waals surface area contributed by atoms with Crippen LogP contribution in [0.5, 0.6) is 0 Å². The Kier molecular flexibility index (Phi) is 5.06. The van der Waals surface area contributed by atoms with Crippen LogP contribution in [0, 0.1) is 5.41 Å². The standard InChI is InChI=1S/C14H16Cl2N2O3/c15-9-4-5-10(16)18-11(9)12(19)17-8-14(13(20)21)6-2-1-3-7-14/h4-5H,1-3,6-8H2,(H,17,19)(H,20,21). The van der Waals surface area contributed by atoms with Crippen LogP contribution in [0.3, 0.4) is 0 Å². The van der Waals surface area contributed by atoms with Gasteiger partial charge < -0.3 is 10.4 Å². The first-order valence-electron chi connectivity index (χ1n) is 6.78. The number of carbonyl (C=O) groups excluding carboxylic acids is 1. The van der Waals surface area contributed by atoms with Crippen LogP contribution in [-0.2, 0) is 4.79 Å². The van der Waals surface area contributed by atoms with Crippen molar-refractivity contribution in [3.8, 4) is 0 Å². The normalized spacial score (nSPS) is 17.2. The third-order valence-electron chi connectivity index (χ3n) is 3.88. The first-order valence-corrected chi connectivity index (χ1v) is 7.54. The van der Waals surface area contributed by atoms with Crippen LogP contribution in [0.15, 0.2) is 12.1 Å². The van der Waals surface area contributed by atoms with Gasteiger partial charge in [-0.1, -0.05) is 42.5 Å². The van der Waals surface area contributed by atoms with Crippen molar-refractivity contribution >= 4 is 35.1 Å². The number of aliphatic carboxylic acids is 1. The van der Waals surface area contributed by atoms with Crippen molar-refractivity contribution in [2.24, 2.45) is 5.41 Å². The summed E-state index contributed by atoms with van der Waals surface area (Å²) in [4.78, 5) is 27.5. The minimum absolute atomic E-state index is 0.0144. The van der Waals surface area contributed by atoms with Gasteiger partial charge in [-0.25, -0.2) is 4.98 Å². The number of pyridine rings is 1. The number of hydrogen-bond acceptors (Lipinski definition) is 3. The molecule has 0 bridgehead atoms. The summed E-state index contributed by atoms with van der Waals surface area (Å²) in [6.07, 6.45) is 3.89. The molecule has 0 aromatic carbocycles. The van der Waals surface area contributed by atoms with E-state index >= 15 is 0 Å². The minimum Gasteiger partial charge on any atom is -0.481 e. The second-order valence-corrected chi connectivity index (χ2v) is 6.09. The van der Waals surface area contributed by atoms with E-state index in [2.05, 4.69) is 10.3 Å². The summed E-state index contributed by atoms with van der Waals surface area (Å²) in [5, 5.41) is 12.4. The summed E-state index contributed by atoms with van der Waals surface area (Å²) in [7, 11) is 0. The fraction of sp³-hybridized carbons (Fsp3) is 0.500. The Hall–Kier alpha value is -1.33. The predicted molar refractivity (Wildman–Crippen MR) is 79.7 cm³/mol. The zero-order valence-corrected chi connectivity index (χ0v) is 12.9. The predicted octanol–water partition coefficient (Wildman–Crippen LogP) is 3.15. The number of carbonyl (C=O) groups is 2. The van der Waals surface area contributed by atoms with Gasteiger partial charge in [-0.2, -0.15) is 0 Å². The molecule has 5 nitrogen and oxygen atoms in total. The third kappa shape index (κ3) is 3.66. The van der Waals surface area contributed by atoms with Crippen molar-refractivity contribution in [2.45, 2.75) is 32.1 Å². The summed E-state index contributed by atoms with van der Waals surface area (Å²) in [6, 6.07) is 2.97. The second-order valence-electron chi connectivity index (χ2n) is 5.29. The van der Waals surface area contributed by atoms with Crippen LogP contribution in [0.25, 0.3) is 0 Å². The van der Waals surface area contributed by atoms with Gasteiger partial charge in [0.15, 0.2) is 0 Å². The summed E-state index contributed by atoms with van der Waals surface area (Å²) in [5.41, 5.74) is -0.876. The monoisotopic (exact) mass is 330 g/mol. The quantitative estimate of drug-likeness (QED) is 0.831. The molecular weight excluding hydrogens is 315 g/mol. The molecule has 21 heavy (non-hydrogen) atoms. The molecule has 1 aromatic rings. The Bertz CT molecular complexity index is 557. The first kappa shape index (κ1) is 16.0. The molecule has 0 saturated heterocycles. The average Bonchev–Trinajstić information content (AvgIpc) is 2.48. The summed E-state index contributed by atoms with van der Waals surface area (Å²) in [6.45, 7) is 0.0751. The number of aromatic nitrogens is 1. The number of nitrogens with one attached hydrogen (secondary N) is 1. The van der Waals surface area contributed by atoms with Crippen molar-refractivity contribution in [3.63, 3.8) is 0 Å². The highest BCUT2D eigenvalue weighted by atomic mass is 35.5. The molecule has 1 fully saturated rings. The molecule has 0 atom stereocenters. The summed E-state index contributed by atoms with van der Waals surface area (Å²) in [5.74, 6) is -1.37. The number of hydrogen-bond donors (Lipinski definition) is 2. The Morgan fingerprint density at radius 3 is 2.52 bits per heavy atom.